The van der Waals surface area contributed by atoms with E-state index in [1.54, 1.807) is 15.6 Å². The standard InChI is InChI=1S/C17H16N4O2/c1-11-10-23-16-6-4-3-5-15(16)21(11)17(22)12-7-8-14-13(9-12)18-19-20(14)2/h3-9,11H,10H2,1-2H3. The van der Waals surface area contributed by atoms with E-state index in [9.17, 15) is 4.79 Å². The number of anilines is 1. The molecule has 2 heterocycles. The Bertz CT molecular complexity index is 902. The van der Waals surface area contributed by atoms with Crippen LogP contribution >= 0.6 is 0 Å². The molecule has 1 atom stereocenters. The number of carbonyl (C=O) groups is 1. The Hall–Kier alpha value is -2.89. The van der Waals surface area contributed by atoms with E-state index in [1.165, 1.54) is 0 Å². The molecule has 0 N–H and O–H groups in total. The Morgan fingerprint density at radius 2 is 2.09 bits per heavy atom. The highest BCUT2D eigenvalue weighted by molar-refractivity contribution is 6.08. The molecule has 1 aliphatic heterocycles. The number of nitrogens with zero attached hydrogens (tertiary/aromatic N) is 4. The predicted octanol–water partition coefficient (Wildman–Crippen LogP) is 2.40. The molecule has 2 aromatic carbocycles. The topological polar surface area (TPSA) is 60.2 Å². The van der Waals surface area contributed by atoms with Gasteiger partial charge in [0, 0.05) is 12.6 Å². The average molecular weight is 308 g/mol. The summed E-state index contributed by atoms with van der Waals surface area (Å²) in [6.45, 7) is 2.46. The molecule has 116 valence electrons. The second kappa shape index (κ2) is 5.08. The van der Waals surface area contributed by atoms with Gasteiger partial charge in [-0.15, -0.1) is 5.10 Å². The molecule has 1 aliphatic rings. The summed E-state index contributed by atoms with van der Waals surface area (Å²) in [4.78, 5) is 14.8. The third-order valence-electron chi connectivity index (χ3n) is 4.12. The maximum Gasteiger partial charge on any atom is 0.258 e. The highest BCUT2D eigenvalue weighted by Gasteiger charge is 2.30. The van der Waals surface area contributed by atoms with Crippen molar-refractivity contribution in [2.24, 2.45) is 7.05 Å². The van der Waals surface area contributed by atoms with Gasteiger partial charge in [-0.25, -0.2) is 4.68 Å². The molecular weight excluding hydrogens is 292 g/mol. The minimum atomic E-state index is -0.0548. The second-order valence-corrected chi connectivity index (χ2v) is 5.72. The molecule has 23 heavy (non-hydrogen) atoms. The summed E-state index contributed by atoms with van der Waals surface area (Å²) >= 11 is 0. The van der Waals surface area contributed by atoms with Gasteiger partial charge in [-0.1, -0.05) is 17.3 Å². The fourth-order valence-electron chi connectivity index (χ4n) is 2.92. The maximum atomic E-state index is 13.0. The van der Waals surface area contributed by atoms with Crippen LogP contribution in [0.15, 0.2) is 42.5 Å². The van der Waals surface area contributed by atoms with Crippen molar-refractivity contribution < 1.29 is 9.53 Å². The first-order valence-electron chi connectivity index (χ1n) is 7.50. The van der Waals surface area contributed by atoms with E-state index in [0.717, 1.165) is 17.0 Å². The first-order chi connectivity index (χ1) is 11.1. The number of carbonyl (C=O) groups excluding carboxylic acids is 1. The maximum absolute atomic E-state index is 13.0. The van der Waals surface area contributed by atoms with Gasteiger partial charge in [-0.05, 0) is 37.3 Å². The Labute approximate surface area is 133 Å². The van der Waals surface area contributed by atoms with Crippen molar-refractivity contribution in [3.05, 3.63) is 48.0 Å². The molecular formula is C17H16N4O2. The van der Waals surface area contributed by atoms with Crippen LogP contribution in [0.1, 0.15) is 17.3 Å². The van der Waals surface area contributed by atoms with Crippen LogP contribution in [0.4, 0.5) is 5.69 Å². The minimum Gasteiger partial charge on any atom is -0.489 e. The van der Waals surface area contributed by atoms with Crippen molar-refractivity contribution in [2.45, 2.75) is 13.0 Å². The molecule has 4 rings (SSSR count). The monoisotopic (exact) mass is 308 g/mol. The van der Waals surface area contributed by atoms with Gasteiger partial charge in [-0.3, -0.25) is 9.69 Å². The SMILES string of the molecule is CC1COc2ccccc2N1C(=O)c1ccc2c(c1)nnn2C. The summed E-state index contributed by atoms with van der Waals surface area (Å²) in [5.41, 5.74) is 3.02. The number of aryl methyl sites for hydroxylation is 1. The fraction of sp³-hybridized carbons (Fsp3) is 0.235. The normalized spacial score (nSPS) is 17.0. The van der Waals surface area contributed by atoms with E-state index < -0.39 is 0 Å². The van der Waals surface area contributed by atoms with Crippen molar-refractivity contribution >= 4 is 22.6 Å². The van der Waals surface area contributed by atoms with Crippen molar-refractivity contribution in [1.82, 2.24) is 15.0 Å². The number of fused-ring (bicyclic) bond motifs is 2. The molecule has 0 aliphatic carbocycles. The van der Waals surface area contributed by atoms with E-state index in [2.05, 4.69) is 10.3 Å². The molecule has 6 heteroatoms. The quantitative estimate of drug-likeness (QED) is 0.692. The molecule has 0 fully saturated rings. The molecule has 1 amide bonds. The number of rotatable bonds is 1. The molecule has 6 nitrogen and oxygen atoms in total. The summed E-state index contributed by atoms with van der Waals surface area (Å²) in [6.07, 6.45) is 0. The highest BCUT2D eigenvalue weighted by atomic mass is 16.5. The van der Waals surface area contributed by atoms with Crippen LogP contribution in [-0.2, 0) is 7.05 Å². The minimum absolute atomic E-state index is 0.0324. The Balaban J connectivity index is 1.78. The molecule has 0 saturated carbocycles. The van der Waals surface area contributed by atoms with Crippen molar-refractivity contribution in [3.8, 4) is 5.75 Å². The lowest BCUT2D eigenvalue weighted by atomic mass is 10.1. The molecule has 1 unspecified atom stereocenters. The lowest BCUT2D eigenvalue weighted by molar-refractivity contribution is 0.0961. The summed E-state index contributed by atoms with van der Waals surface area (Å²) in [5.74, 6) is 0.681. The van der Waals surface area contributed by atoms with Crippen LogP contribution in [0.3, 0.4) is 0 Å². The zero-order chi connectivity index (χ0) is 16.0. The number of hydrogen-bond donors (Lipinski definition) is 0. The van der Waals surface area contributed by atoms with E-state index >= 15 is 0 Å². The van der Waals surface area contributed by atoms with Gasteiger partial charge >= 0.3 is 0 Å². The van der Waals surface area contributed by atoms with Gasteiger partial charge in [-0.2, -0.15) is 0 Å². The van der Waals surface area contributed by atoms with Gasteiger partial charge in [0.1, 0.15) is 17.9 Å². The van der Waals surface area contributed by atoms with Crippen molar-refractivity contribution in [1.29, 1.82) is 0 Å². The van der Waals surface area contributed by atoms with Crippen LogP contribution in [0.5, 0.6) is 5.75 Å². The van der Waals surface area contributed by atoms with Gasteiger partial charge in [0.15, 0.2) is 0 Å². The molecule has 0 bridgehead atoms. The molecule has 0 radical (unpaired) electrons. The zero-order valence-corrected chi connectivity index (χ0v) is 12.9. The van der Waals surface area contributed by atoms with Crippen LogP contribution in [0.2, 0.25) is 0 Å². The van der Waals surface area contributed by atoms with E-state index in [-0.39, 0.29) is 11.9 Å². The molecule has 0 saturated heterocycles. The first-order valence-corrected chi connectivity index (χ1v) is 7.50. The Kier molecular flexibility index (Phi) is 3.04. The Morgan fingerprint density at radius 3 is 2.96 bits per heavy atom. The zero-order valence-electron chi connectivity index (χ0n) is 12.9. The third kappa shape index (κ3) is 2.14. The third-order valence-corrected chi connectivity index (χ3v) is 4.12. The molecule has 0 spiro atoms. The fourth-order valence-corrected chi connectivity index (χ4v) is 2.92. The lowest BCUT2D eigenvalue weighted by Crippen LogP contribution is -2.45. The van der Waals surface area contributed by atoms with Crippen molar-refractivity contribution in [2.75, 3.05) is 11.5 Å². The van der Waals surface area contributed by atoms with E-state index in [4.69, 9.17) is 4.74 Å². The number of para-hydroxylation sites is 2. The second-order valence-electron chi connectivity index (χ2n) is 5.72. The summed E-state index contributed by atoms with van der Waals surface area (Å²) in [7, 11) is 1.83. The van der Waals surface area contributed by atoms with Crippen LogP contribution in [0, 0.1) is 0 Å². The Morgan fingerprint density at radius 1 is 1.26 bits per heavy atom. The van der Waals surface area contributed by atoms with Gasteiger partial charge < -0.3 is 4.74 Å². The number of benzene rings is 2. The summed E-state index contributed by atoms with van der Waals surface area (Å²) in [6, 6.07) is 13.1. The number of hydrogen-bond acceptors (Lipinski definition) is 4. The summed E-state index contributed by atoms with van der Waals surface area (Å²) in [5, 5.41) is 8.07. The number of ether oxygens (including phenoxy) is 1. The largest absolute Gasteiger partial charge is 0.489 e. The highest BCUT2D eigenvalue weighted by Crippen LogP contribution is 2.34. The van der Waals surface area contributed by atoms with Crippen LogP contribution < -0.4 is 9.64 Å². The molecule has 3 aromatic rings. The first kappa shape index (κ1) is 13.8. The number of amides is 1. The molecule has 1 aromatic heterocycles. The summed E-state index contributed by atoms with van der Waals surface area (Å²) < 4.78 is 7.40. The van der Waals surface area contributed by atoms with Crippen molar-refractivity contribution in [3.63, 3.8) is 0 Å². The van der Waals surface area contributed by atoms with E-state index in [0.29, 0.717) is 17.7 Å². The van der Waals surface area contributed by atoms with E-state index in [1.807, 2.05) is 50.4 Å². The van der Waals surface area contributed by atoms with Gasteiger partial charge in [0.05, 0.1) is 17.2 Å². The average Bonchev–Trinajstić information content (AvgIpc) is 2.95. The predicted molar refractivity (Wildman–Crippen MR) is 86.7 cm³/mol. The van der Waals surface area contributed by atoms with Gasteiger partial charge in [0.25, 0.3) is 5.91 Å². The lowest BCUT2D eigenvalue weighted by Gasteiger charge is -2.35. The number of aromatic nitrogens is 3. The smallest absolute Gasteiger partial charge is 0.258 e. The van der Waals surface area contributed by atoms with Crippen LogP contribution in [0.25, 0.3) is 11.0 Å². The van der Waals surface area contributed by atoms with Crippen LogP contribution in [-0.4, -0.2) is 33.5 Å². The van der Waals surface area contributed by atoms with Gasteiger partial charge in [0.2, 0.25) is 0 Å².